The second kappa shape index (κ2) is 6.15. The summed E-state index contributed by atoms with van der Waals surface area (Å²) in [5, 5.41) is 9.15. The lowest BCUT2D eigenvalue weighted by Gasteiger charge is -2.15. The second-order valence-electron chi connectivity index (χ2n) is 5.89. The number of hydrogen-bond acceptors (Lipinski definition) is 3. The van der Waals surface area contributed by atoms with Crippen LogP contribution < -0.4 is 0 Å². The summed E-state index contributed by atoms with van der Waals surface area (Å²) in [5.74, 6) is 0. The van der Waals surface area contributed by atoms with Crippen LogP contribution in [0.2, 0.25) is 25.7 Å². The molecular weight excluding hydrogens is 322 g/mol. The van der Waals surface area contributed by atoms with E-state index in [1.165, 1.54) is 11.6 Å². The topological polar surface area (TPSA) is 39.9 Å². The summed E-state index contributed by atoms with van der Waals surface area (Å²) in [6.45, 7) is 8.33. The van der Waals surface area contributed by atoms with Crippen molar-refractivity contribution >= 4 is 35.0 Å². The molecule has 2 aromatic rings. The number of alkyl halides is 1. The summed E-state index contributed by atoms with van der Waals surface area (Å²) in [5.41, 5.74) is 3.16. The Hall–Kier alpha value is -0.723. The molecule has 1 heterocycles. The highest BCUT2D eigenvalue weighted by atomic mass is 79.9. The number of ether oxygens (including phenoxy) is 1. The van der Waals surface area contributed by atoms with Gasteiger partial charge in [0.25, 0.3) is 0 Å². The molecule has 0 amide bonds. The van der Waals surface area contributed by atoms with Gasteiger partial charge in [0.2, 0.25) is 0 Å². The van der Waals surface area contributed by atoms with Gasteiger partial charge in [0, 0.05) is 20.0 Å². The van der Waals surface area contributed by atoms with Gasteiger partial charge in [0.1, 0.15) is 12.2 Å². The standard InChI is InChI=1S/C13H20BrN3OSi/c1-19(2,3)7-6-18-10-17-13-5-4-11(9-14)8-12(13)15-16-17/h4-5,8H,6-7,9-10H2,1-3H3. The minimum Gasteiger partial charge on any atom is -0.359 e. The van der Waals surface area contributed by atoms with Gasteiger partial charge in [-0.05, 0) is 23.7 Å². The minimum absolute atomic E-state index is 0.481. The quantitative estimate of drug-likeness (QED) is 0.457. The lowest BCUT2D eigenvalue weighted by atomic mass is 10.2. The Balaban J connectivity index is 1.98. The number of nitrogens with zero attached hydrogens (tertiary/aromatic N) is 3. The zero-order chi connectivity index (χ0) is 13.9. The Morgan fingerprint density at radius 3 is 2.79 bits per heavy atom. The van der Waals surface area contributed by atoms with Crippen LogP contribution in [-0.2, 0) is 16.8 Å². The first-order valence-electron chi connectivity index (χ1n) is 6.45. The highest BCUT2D eigenvalue weighted by Crippen LogP contribution is 2.15. The summed E-state index contributed by atoms with van der Waals surface area (Å²) < 4.78 is 7.52. The van der Waals surface area contributed by atoms with E-state index in [1.807, 2.05) is 10.7 Å². The Morgan fingerprint density at radius 1 is 1.32 bits per heavy atom. The zero-order valence-electron chi connectivity index (χ0n) is 11.7. The van der Waals surface area contributed by atoms with E-state index in [9.17, 15) is 0 Å². The van der Waals surface area contributed by atoms with E-state index in [4.69, 9.17) is 4.74 Å². The van der Waals surface area contributed by atoms with E-state index < -0.39 is 8.07 Å². The molecule has 0 spiro atoms. The highest BCUT2D eigenvalue weighted by Gasteiger charge is 2.12. The molecule has 0 saturated carbocycles. The van der Waals surface area contributed by atoms with Gasteiger partial charge in [-0.25, -0.2) is 4.68 Å². The van der Waals surface area contributed by atoms with Crippen LogP contribution >= 0.6 is 15.9 Å². The molecule has 0 aliphatic heterocycles. The average Bonchev–Trinajstić information content (AvgIpc) is 2.75. The molecule has 0 N–H and O–H groups in total. The van der Waals surface area contributed by atoms with E-state index in [2.05, 4.69) is 58.0 Å². The first kappa shape index (κ1) is 14.7. The number of rotatable bonds is 6. The predicted molar refractivity (Wildman–Crippen MR) is 84.3 cm³/mol. The van der Waals surface area contributed by atoms with Crippen LogP contribution in [0.15, 0.2) is 18.2 Å². The molecule has 19 heavy (non-hydrogen) atoms. The minimum atomic E-state index is -1.02. The second-order valence-corrected chi connectivity index (χ2v) is 12.1. The molecule has 1 aromatic carbocycles. The van der Waals surface area contributed by atoms with Gasteiger partial charge in [-0.15, -0.1) is 5.10 Å². The molecule has 0 aliphatic rings. The number of aromatic nitrogens is 3. The number of halogens is 1. The normalized spacial score (nSPS) is 12.2. The maximum Gasteiger partial charge on any atom is 0.141 e. The van der Waals surface area contributed by atoms with Crippen LogP contribution in [0.25, 0.3) is 11.0 Å². The van der Waals surface area contributed by atoms with Crippen LogP contribution in [-0.4, -0.2) is 29.7 Å². The van der Waals surface area contributed by atoms with Crippen molar-refractivity contribution in [1.82, 2.24) is 15.0 Å². The van der Waals surface area contributed by atoms with Gasteiger partial charge < -0.3 is 4.74 Å². The van der Waals surface area contributed by atoms with Crippen LogP contribution in [0, 0.1) is 0 Å². The first-order chi connectivity index (χ1) is 8.99. The largest absolute Gasteiger partial charge is 0.359 e. The Labute approximate surface area is 123 Å². The summed E-state index contributed by atoms with van der Waals surface area (Å²) in [6, 6.07) is 7.36. The molecule has 4 nitrogen and oxygen atoms in total. The SMILES string of the molecule is C[Si](C)(C)CCOCn1nnc2cc(CBr)ccc21. The molecule has 104 valence electrons. The van der Waals surface area contributed by atoms with Crippen molar-refractivity contribution in [3.05, 3.63) is 23.8 Å². The van der Waals surface area contributed by atoms with Gasteiger partial charge in [-0.2, -0.15) is 0 Å². The van der Waals surface area contributed by atoms with Crippen molar-refractivity contribution in [3.8, 4) is 0 Å². The molecule has 0 bridgehead atoms. The first-order valence-corrected chi connectivity index (χ1v) is 11.3. The number of hydrogen-bond donors (Lipinski definition) is 0. The molecule has 0 saturated heterocycles. The summed E-state index contributed by atoms with van der Waals surface area (Å²) in [7, 11) is -1.02. The molecule has 2 rings (SSSR count). The van der Waals surface area contributed by atoms with E-state index in [0.717, 1.165) is 23.0 Å². The van der Waals surface area contributed by atoms with Gasteiger partial charge in [0.05, 0.1) is 5.52 Å². The van der Waals surface area contributed by atoms with Gasteiger partial charge >= 0.3 is 0 Å². The molecule has 6 heteroatoms. The van der Waals surface area contributed by atoms with Crippen LogP contribution in [0.4, 0.5) is 0 Å². The van der Waals surface area contributed by atoms with Crippen molar-refractivity contribution in [2.24, 2.45) is 0 Å². The molecule has 1 aromatic heterocycles. The van der Waals surface area contributed by atoms with Crippen LogP contribution in [0.1, 0.15) is 5.56 Å². The zero-order valence-corrected chi connectivity index (χ0v) is 14.3. The summed E-state index contributed by atoms with van der Waals surface area (Å²) in [6.07, 6.45) is 0. The maximum absolute atomic E-state index is 5.70. The Kier molecular flexibility index (Phi) is 4.75. The Morgan fingerprint density at radius 2 is 2.11 bits per heavy atom. The third-order valence-corrected chi connectivity index (χ3v) is 5.29. The van der Waals surface area contributed by atoms with Gasteiger partial charge in [0.15, 0.2) is 0 Å². The van der Waals surface area contributed by atoms with Crippen molar-refractivity contribution in [2.45, 2.75) is 37.7 Å². The smallest absolute Gasteiger partial charge is 0.141 e. The third kappa shape index (κ3) is 4.12. The van der Waals surface area contributed by atoms with Crippen molar-refractivity contribution in [2.75, 3.05) is 6.61 Å². The van der Waals surface area contributed by atoms with E-state index >= 15 is 0 Å². The number of benzene rings is 1. The fourth-order valence-electron chi connectivity index (χ4n) is 1.73. The molecule has 0 fully saturated rings. The molecular formula is C13H20BrN3OSi. The molecule has 0 atom stereocenters. The molecule has 0 radical (unpaired) electrons. The average molecular weight is 342 g/mol. The van der Waals surface area contributed by atoms with Gasteiger partial charge in [-0.3, -0.25) is 0 Å². The summed E-state index contributed by atoms with van der Waals surface area (Å²) >= 11 is 3.44. The number of fused-ring (bicyclic) bond motifs is 1. The van der Waals surface area contributed by atoms with Crippen LogP contribution in [0.5, 0.6) is 0 Å². The van der Waals surface area contributed by atoms with E-state index in [1.54, 1.807) is 0 Å². The monoisotopic (exact) mass is 341 g/mol. The lowest BCUT2D eigenvalue weighted by Crippen LogP contribution is -2.22. The molecule has 0 unspecified atom stereocenters. The van der Waals surface area contributed by atoms with Crippen molar-refractivity contribution in [1.29, 1.82) is 0 Å². The third-order valence-electron chi connectivity index (χ3n) is 2.94. The lowest BCUT2D eigenvalue weighted by molar-refractivity contribution is 0.0803. The van der Waals surface area contributed by atoms with Crippen LogP contribution in [0.3, 0.4) is 0 Å². The maximum atomic E-state index is 5.70. The van der Waals surface area contributed by atoms with Crippen molar-refractivity contribution < 1.29 is 4.74 Å². The predicted octanol–water partition coefficient (Wildman–Crippen LogP) is 3.64. The van der Waals surface area contributed by atoms with E-state index in [0.29, 0.717) is 6.73 Å². The highest BCUT2D eigenvalue weighted by molar-refractivity contribution is 9.08. The fourth-order valence-corrected chi connectivity index (χ4v) is 2.83. The van der Waals surface area contributed by atoms with Crippen molar-refractivity contribution in [3.63, 3.8) is 0 Å². The van der Waals surface area contributed by atoms with Gasteiger partial charge in [-0.1, -0.05) is 46.9 Å². The van der Waals surface area contributed by atoms with E-state index in [-0.39, 0.29) is 0 Å². The molecule has 0 aliphatic carbocycles. The fraction of sp³-hybridized carbons (Fsp3) is 0.538. The Bertz CT molecular complexity index is 550. The summed E-state index contributed by atoms with van der Waals surface area (Å²) in [4.78, 5) is 0.